The Labute approximate surface area is 123 Å². The van der Waals surface area contributed by atoms with Gasteiger partial charge in [-0.25, -0.2) is 4.79 Å². The minimum absolute atomic E-state index is 0.275. The number of carbonyl (C=O) groups is 1. The zero-order valence-corrected chi connectivity index (χ0v) is 12.1. The lowest BCUT2D eigenvalue weighted by Gasteiger charge is -2.17. The Balaban J connectivity index is 2.66. The minimum atomic E-state index is -0.741. The van der Waals surface area contributed by atoms with Gasteiger partial charge in [0, 0.05) is 5.39 Å². The SMILES string of the molecule is CCOc1cc2ccccc2c(OC(=O)CO)c1OCC. The second-order valence-corrected chi connectivity index (χ2v) is 4.25. The van der Waals surface area contributed by atoms with E-state index in [2.05, 4.69) is 0 Å². The second kappa shape index (κ2) is 6.95. The van der Waals surface area contributed by atoms with Crippen LogP contribution in [0.25, 0.3) is 10.8 Å². The van der Waals surface area contributed by atoms with Crippen LogP contribution in [0.15, 0.2) is 30.3 Å². The summed E-state index contributed by atoms with van der Waals surface area (Å²) < 4.78 is 16.4. The predicted octanol–water partition coefficient (Wildman–Crippen LogP) is 2.53. The van der Waals surface area contributed by atoms with Crippen molar-refractivity contribution in [2.45, 2.75) is 13.8 Å². The molecule has 0 amide bonds. The molecule has 2 aromatic rings. The van der Waals surface area contributed by atoms with E-state index in [0.717, 1.165) is 10.8 Å². The van der Waals surface area contributed by atoms with Crippen molar-refractivity contribution in [3.05, 3.63) is 30.3 Å². The van der Waals surface area contributed by atoms with E-state index in [1.807, 2.05) is 44.2 Å². The van der Waals surface area contributed by atoms with Crippen molar-refractivity contribution in [1.29, 1.82) is 0 Å². The second-order valence-electron chi connectivity index (χ2n) is 4.25. The van der Waals surface area contributed by atoms with Crippen molar-refractivity contribution in [2.75, 3.05) is 19.8 Å². The number of benzene rings is 2. The van der Waals surface area contributed by atoms with Gasteiger partial charge in [-0.2, -0.15) is 0 Å². The van der Waals surface area contributed by atoms with Crippen molar-refractivity contribution in [3.8, 4) is 17.2 Å². The molecule has 21 heavy (non-hydrogen) atoms. The van der Waals surface area contributed by atoms with Gasteiger partial charge in [-0.3, -0.25) is 0 Å². The van der Waals surface area contributed by atoms with Gasteiger partial charge in [-0.15, -0.1) is 0 Å². The van der Waals surface area contributed by atoms with Crippen LogP contribution in [0.4, 0.5) is 0 Å². The molecule has 1 N–H and O–H groups in total. The Morgan fingerprint density at radius 1 is 1.10 bits per heavy atom. The van der Waals surface area contributed by atoms with Gasteiger partial charge in [0.25, 0.3) is 0 Å². The van der Waals surface area contributed by atoms with Crippen LogP contribution >= 0.6 is 0 Å². The number of aliphatic hydroxyl groups excluding tert-OH is 1. The normalized spacial score (nSPS) is 10.4. The molecule has 0 unspecified atom stereocenters. The van der Waals surface area contributed by atoms with Gasteiger partial charge < -0.3 is 19.3 Å². The van der Waals surface area contributed by atoms with Gasteiger partial charge >= 0.3 is 5.97 Å². The maximum Gasteiger partial charge on any atom is 0.337 e. The highest BCUT2D eigenvalue weighted by atomic mass is 16.6. The van der Waals surface area contributed by atoms with Gasteiger partial charge in [-0.1, -0.05) is 24.3 Å². The first-order valence-electron chi connectivity index (χ1n) is 6.84. The molecule has 0 aliphatic carbocycles. The third kappa shape index (κ3) is 3.25. The Morgan fingerprint density at radius 3 is 2.48 bits per heavy atom. The molecule has 112 valence electrons. The van der Waals surface area contributed by atoms with Gasteiger partial charge in [0.15, 0.2) is 11.5 Å². The fraction of sp³-hybridized carbons (Fsp3) is 0.312. The average molecular weight is 290 g/mol. The molecule has 0 spiro atoms. The summed E-state index contributed by atoms with van der Waals surface area (Å²) in [7, 11) is 0. The van der Waals surface area contributed by atoms with Crippen molar-refractivity contribution in [2.24, 2.45) is 0 Å². The van der Waals surface area contributed by atoms with Crippen LogP contribution in [-0.4, -0.2) is 30.9 Å². The maximum atomic E-state index is 11.5. The number of carbonyl (C=O) groups excluding carboxylic acids is 1. The fourth-order valence-corrected chi connectivity index (χ4v) is 2.06. The van der Waals surface area contributed by atoms with E-state index in [1.165, 1.54) is 0 Å². The zero-order chi connectivity index (χ0) is 15.2. The maximum absolute atomic E-state index is 11.5. The molecule has 0 radical (unpaired) electrons. The summed E-state index contributed by atoms with van der Waals surface area (Å²) in [5, 5.41) is 10.5. The quantitative estimate of drug-likeness (QED) is 0.654. The van der Waals surface area contributed by atoms with Crippen molar-refractivity contribution >= 4 is 16.7 Å². The lowest BCUT2D eigenvalue weighted by molar-refractivity contribution is -0.137. The first kappa shape index (κ1) is 15.1. The summed E-state index contributed by atoms with van der Waals surface area (Å²) in [6.07, 6.45) is 0. The van der Waals surface area contributed by atoms with Gasteiger partial charge in [0.05, 0.1) is 13.2 Å². The number of hydrogen-bond acceptors (Lipinski definition) is 5. The van der Waals surface area contributed by atoms with Crippen LogP contribution < -0.4 is 14.2 Å². The summed E-state index contributed by atoms with van der Waals surface area (Å²) in [6, 6.07) is 9.29. The first-order chi connectivity index (χ1) is 10.2. The van der Waals surface area contributed by atoms with E-state index in [1.54, 1.807) is 0 Å². The molecule has 0 aliphatic rings. The number of rotatable bonds is 6. The monoisotopic (exact) mass is 290 g/mol. The van der Waals surface area contributed by atoms with E-state index in [0.29, 0.717) is 24.7 Å². The fourth-order valence-electron chi connectivity index (χ4n) is 2.06. The Morgan fingerprint density at radius 2 is 1.81 bits per heavy atom. The van der Waals surface area contributed by atoms with Gasteiger partial charge in [-0.05, 0) is 25.3 Å². The van der Waals surface area contributed by atoms with Crippen molar-refractivity contribution in [3.63, 3.8) is 0 Å². The molecule has 0 saturated carbocycles. The Hall–Kier alpha value is -2.27. The highest BCUT2D eigenvalue weighted by molar-refractivity contribution is 5.95. The highest BCUT2D eigenvalue weighted by Crippen LogP contribution is 2.43. The molecular weight excluding hydrogens is 272 g/mol. The largest absolute Gasteiger partial charge is 0.490 e. The van der Waals surface area contributed by atoms with E-state index < -0.39 is 12.6 Å². The third-order valence-electron chi connectivity index (χ3n) is 2.86. The standard InChI is InChI=1S/C16H18O5/c1-3-19-13-9-11-7-5-6-8-12(11)15(16(13)20-4-2)21-14(18)10-17/h5-9,17H,3-4,10H2,1-2H3. The molecule has 0 saturated heterocycles. The summed E-state index contributed by atoms with van der Waals surface area (Å²) in [4.78, 5) is 11.5. The number of fused-ring (bicyclic) bond motifs is 1. The van der Waals surface area contributed by atoms with Crippen LogP contribution in [0.1, 0.15) is 13.8 Å². The molecule has 5 heteroatoms. The van der Waals surface area contributed by atoms with Crippen molar-refractivity contribution < 1.29 is 24.1 Å². The van der Waals surface area contributed by atoms with E-state index in [9.17, 15) is 4.79 Å². The molecule has 0 bridgehead atoms. The van der Waals surface area contributed by atoms with Gasteiger partial charge in [0.1, 0.15) is 6.61 Å². The van der Waals surface area contributed by atoms with Crippen LogP contribution in [0.2, 0.25) is 0 Å². The number of aliphatic hydroxyl groups is 1. The van der Waals surface area contributed by atoms with Crippen LogP contribution in [0, 0.1) is 0 Å². The van der Waals surface area contributed by atoms with Crippen molar-refractivity contribution in [1.82, 2.24) is 0 Å². The van der Waals surface area contributed by atoms with Gasteiger partial charge in [0.2, 0.25) is 5.75 Å². The molecule has 0 aromatic heterocycles. The molecular formula is C16H18O5. The molecule has 2 aromatic carbocycles. The van der Waals surface area contributed by atoms with E-state index >= 15 is 0 Å². The van der Waals surface area contributed by atoms with Crippen LogP contribution in [0.3, 0.4) is 0 Å². The molecule has 0 fully saturated rings. The number of hydrogen-bond donors (Lipinski definition) is 1. The molecule has 0 aliphatic heterocycles. The number of ether oxygens (including phenoxy) is 3. The zero-order valence-electron chi connectivity index (χ0n) is 12.1. The smallest absolute Gasteiger partial charge is 0.337 e. The third-order valence-corrected chi connectivity index (χ3v) is 2.86. The molecule has 0 atom stereocenters. The molecule has 0 heterocycles. The minimum Gasteiger partial charge on any atom is -0.490 e. The Kier molecular flexibility index (Phi) is 5.00. The lowest BCUT2D eigenvalue weighted by atomic mass is 10.1. The number of esters is 1. The summed E-state index contributed by atoms with van der Waals surface area (Å²) >= 11 is 0. The van der Waals surface area contributed by atoms with Crippen LogP contribution in [0.5, 0.6) is 17.2 Å². The Bertz CT molecular complexity index is 636. The van der Waals surface area contributed by atoms with E-state index in [4.69, 9.17) is 19.3 Å². The summed E-state index contributed by atoms with van der Waals surface area (Å²) in [6.45, 7) is 3.87. The lowest BCUT2D eigenvalue weighted by Crippen LogP contribution is -2.14. The average Bonchev–Trinajstić information content (AvgIpc) is 2.50. The summed E-state index contributed by atoms with van der Waals surface area (Å²) in [5.41, 5.74) is 0. The van der Waals surface area contributed by atoms with Crippen LogP contribution in [-0.2, 0) is 4.79 Å². The summed E-state index contributed by atoms with van der Waals surface area (Å²) in [5.74, 6) is 0.422. The van der Waals surface area contributed by atoms with E-state index in [-0.39, 0.29) is 5.75 Å². The molecule has 2 rings (SSSR count). The molecule has 5 nitrogen and oxygen atoms in total. The topological polar surface area (TPSA) is 65.0 Å². The highest BCUT2D eigenvalue weighted by Gasteiger charge is 2.19. The first-order valence-corrected chi connectivity index (χ1v) is 6.84. The predicted molar refractivity (Wildman–Crippen MR) is 79.0 cm³/mol.